The molecule has 1 unspecified atom stereocenters. The van der Waals surface area contributed by atoms with E-state index in [1.807, 2.05) is 0 Å². The lowest BCUT2D eigenvalue weighted by Gasteiger charge is -2.22. The van der Waals surface area contributed by atoms with Gasteiger partial charge in [-0.1, -0.05) is 0 Å². The summed E-state index contributed by atoms with van der Waals surface area (Å²) in [6.07, 6.45) is 0. The monoisotopic (exact) mass is 309 g/mol. The Balaban J connectivity index is 2.92. The minimum Gasteiger partial charge on any atom is -0.435 e. The van der Waals surface area contributed by atoms with Crippen molar-refractivity contribution in [2.45, 2.75) is 45.1 Å². The molecule has 0 radical (unpaired) electrons. The Hall–Kier alpha value is -1.08. The zero-order valence-corrected chi connectivity index (χ0v) is 12.6. The molecule has 0 spiro atoms. The molecule has 0 fully saturated rings. The molecule has 3 nitrogen and oxygen atoms in total. The number of hydrogen-bond donors (Lipinski definition) is 1. The van der Waals surface area contributed by atoms with E-state index in [-0.39, 0.29) is 11.3 Å². The van der Waals surface area contributed by atoms with E-state index in [1.165, 1.54) is 6.07 Å². The first-order chi connectivity index (χ1) is 9.11. The molecule has 1 N–H and O–H groups in total. The van der Waals surface area contributed by atoms with Crippen LogP contribution in [0.1, 0.15) is 39.3 Å². The summed E-state index contributed by atoms with van der Waals surface area (Å²) in [6.45, 7) is 3.95. The van der Waals surface area contributed by atoms with Crippen molar-refractivity contribution >= 4 is 11.0 Å². The molecular formula is C13H18F3NO2S. The first kappa shape index (κ1) is 17.0. The van der Waals surface area contributed by atoms with Crippen LogP contribution in [-0.2, 0) is 11.0 Å². The van der Waals surface area contributed by atoms with Crippen molar-refractivity contribution < 1.29 is 22.1 Å². The molecule has 1 aromatic carbocycles. The number of halogens is 3. The quantitative estimate of drug-likeness (QED) is 0.903. The summed E-state index contributed by atoms with van der Waals surface area (Å²) in [7, 11) is -1.40. The van der Waals surface area contributed by atoms with Crippen molar-refractivity contribution in [1.29, 1.82) is 0 Å². The Morgan fingerprint density at radius 2 is 1.90 bits per heavy atom. The van der Waals surface area contributed by atoms with E-state index < -0.39 is 34.2 Å². The number of rotatable bonds is 5. The van der Waals surface area contributed by atoms with E-state index >= 15 is 0 Å². The third-order valence-corrected chi connectivity index (χ3v) is 4.18. The molecule has 0 aliphatic carbocycles. The highest BCUT2D eigenvalue weighted by atomic mass is 32.2. The molecule has 1 rings (SSSR count). The van der Waals surface area contributed by atoms with Gasteiger partial charge in [0.15, 0.2) is 0 Å². The normalized spacial score (nSPS) is 15.2. The van der Waals surface area contributed by atoms with Crippen LogP contribution in [0.3, 0.4) is 0 Å². The summed E-state index contributed by atoms with van der Waals surface area (Å²) in [5.41, 5.74) is 0.126. The van der Waals surface area contributed by atoms with Crippen LogP contribution in [0.25, 0.3) is 0 Å². The second-order valence-electron chi connectivity index (χ2n) is 5.28. The van der Waals surface area contributed by atoms with Crippen LogP contribution in [0.15, 0.2) is 18.2 Å². The number of benzene rings is 1. The lowest BCUT2D eigenvalue weighted by atomic mass is 10.1. The third kappa shape index (κ3) is 4.79. The summed E-state index contributed by atoms with van der Waals surface area (Å²) in [5.74, 6) is -0.705. The summed E-state index contributed by atoms with van der Waals surface area (Å²) in [5, 5.41) is 0. The smallest absolute Gasteiger partial charge is 0.387 e. The van der Waals surface area contributed by atoms with E-state index in [2.05, 4.69) is 9.46 Å². The number of ether oxygens (including phenoxy) is 1. The van der Waals surface area contributed by atoms with Crippen LogP contribution in [0.4, 0.5) is 13.2 Å². The fourth-order valence-electron chi connectivity index (χ4n) is 1.43. The van der Waals surface area contributed by atoms with Crippen molar-refractivity contribution in [3.05, 3.63) is 29.6 Å². The van der Waals surface area contributed by atoms with E-state index in [4.69, 9.17) is 0 Å². The van der Waals surface area contributed by atoms with Gasteiger partial charge < -0.3 is 4.74 Å². The molecule has 0 aromatic heterocycles. The van der Waals surface area contributed by atoms with Crippen molar-refractivity contribution in [2.75, 3.05) is 0 Å². The molecule has 0 bridgehead atoms. The zero-order chi connectivity index (χ0) is 15.5. The van der Waals surface area contributed by atoms with Gasteiger partial charge in [-0.2, -0.15) is 8.78 Å². The molecule has 2 atom stereocenters. The maximum Gasteiger partial charge on any atom is 0.387 e. The van der Waals surface area contributed by atoms with Crippen molar-refractivity contribution in [1.82, 2.24) is 4.72 Å². The van der Waals surface area contributed by atoms with Crippen LogP contribution < -0.4 is 9.46 Å². The Kier molecular flexibility index (Phi) is 5.59. The third-order valence-electron chi connectivity index (χ3n) is 2.50. The van der Waals surface area contributed by atoms with Crippen molar-refractivity contribution in [3.8, 4) is 5.75 Å². The Morgan fingerprint density at radius 3 is 2.40 bits per heavy atom. The van der Waals surface area contributed by atoms with Crippen LogP contribution in [0.2, 0.25) is 0 Å². The SMILES string of the molecule is C[C@H](NS(=O)C(C)(C)C)c1cc(OC(F)F)ccc1F. The molecule has 1 aromatic rings. The first-order valence-electron chi connectivity index (χ1n) is 6.03. The molecule has 20 heavy (non-hydrogen) atoms. The van der Waals surface area contributed by atoms with Gasteiger partial charge in [0, 0.05) is 11.6 Å². The summed E-state index contributed by atoms with van der Waals surface area (Å²) < 4.78 is 56.4. The van der Waals surface area contributed by atoms with Crippen LogP contribution in [0, 0.1) is 5.82 Å². The maximum absolute atomic E-state index is 13.7. The van der Waals surface area contributed by atoms with Crippen molar-refractivity contribution in [3.63, 3.8) is 0 Å². The molecule has 0 aliphatic rings. The topological polar surface area (TPSA) is 38.3 Å². The van der Waals surface area contributed by atoms with E-state index in [0.717, 1.165) is 12.1 Å². The van der Waals surface area contributed by atoms with Crippen LogP contribution >= 0.6 is 0 Å². The molecule has 0 amide bonds. The van der Waals surface area contributed by atoms with Gasteiger partial charge in [0.05, 0.1) is 15.7 Å². The highest BCUT2D eigenvalue weighted by Gasteiger charge is 2.23. The molecule has 0 aliphatic heterocycles. The van der Waals surface area contributed by atoms with E-state index in [1.54, 1.807) is 27.7 Å². The summed E-state index contributed by atoms with van der Waals surface area (Å²) >= 11 is 0. The van der Waals surface area contributed by atoms with Crippen molar-refractivity contribution in [2.24, 2.45) is 0 Å². The first-order valence-corrected chi connectivity index (χ1v) is 7.18. The summed E-state index contributed by atoms with van der Waals surface area (Å²) in [4.78, 5) is 0. The second kappa shape index (κ2) is 6.58. The Bertz CT molecular complexity index is 489. The van der Waals surface area contributed by atoms with Crippen LogP contribution in [-0.4, -0.2) is 15.6 Å². The number of hydrogen-bond acceptors (Lipinski definition) is 2. The number of alkyl halides is 2. The fraction of sp³-hybridized carbons (Fsp3) is 0.538. The van der Waals surface area contributed by atoms with Gasteiger partial charge in [-0.25, -0.2) is 13.3 Å². The zero-order valence-electron chi connectivity index (χ0n) is 11.7. The summed E-state index contributed by atoms with van der Waals surface area (Å²) in [6, 6.07) is 2.75. The standard InChI is InChI=1S/C13H18F3NO2S/c1-8(17-20(18)13(2,3)4)10-7-9(19-12(15)16)5-6-11(10)14/h5-8,12,17H,1-4H3/t8-,20?/m0/s1. The lowest BCUT2D eigenvalue weighted by Crippen LogP contribution is -2.35. The Morgan fingerprint density at radius 1 is 1.30 bits per heavy atom. The average Bonchev–Trinajstić information content (AvgIpc) is 2.29. The maximum atomic E-state index is 13.7. The second-order valence-corrected chi connectivity index (χ2v) is 7.28. The van der Waals surface area contributed by atoms with E-state index in [9.17, 15) is 17.4 Å². The molecule has 7 heteroatoms. The highest BCUT2D eigenvalue weighted by molar-refractivity contribution is 7.84. The number of nitrogens with one attached hydrogen (secondary N) is 1. The van der Waals surface area contributed by atoms with Gasteiger partial charge in [0.25, 0.3) is 0 Å². The minimum absolute atomic E-state index is 0.126. The van der Waals surface area contributed by atoms with Gasteiger partial charge in [-0.3, -0.25) is 0 Å². The van der Waals surface area contributed by atoms with Gasteiger partial charge in [-0.15, -0.1) is 0 Å². The molecular weight excluding hydrogens is 291 g/mol. The largest absolute Gasteiger partial charge is 0.435 e. The van der Waals surface area contributed by atoms with Gasteiger partial charge in [-0.05, 0) is 45.9 Å². The molecule has 0 saturated carbocycles. The highest BCUT2D eigenvalue weighted by Crippen LogP contribution is 2.25. The average molecular weight is 309 g/mol. The fourth-order valence-corrected chi connectivity index (χ4v) is 2.23. The molecule has 0 saturated heterocycles. The predicted molar refractivity (Wildman–Crippen MR) is 72.5 cm³/mol. The van der Waals surface area contributed by atoms with Gasteiger partial charge >= 0.3 is 6.61 Å². The van der Waals surface area contributed by atoms with Gasteiger partial charge in [0.1, 0.15) is 11.6 Å². The van der Waals surface area contributed by atoms with E-state index in [0.29, 0.717) is 0 Å². The lowest BCUT2D eigenvalue weighted by molar-refractivity contribution is -0.0499. The predicted octanol–water partition coefficient (Wildman–Crippen LogP) is 3.54. The Labute approximate surface area is 119 Å². The van der Waals surface area contributed by atoms with Gasteiger partial charge in [0.2, 0.25) is 0 Å². The molecule has 114 valence electrons. The molecule has 0 heterocycles. The minimum atomic E-state index is -2.97. The van der Waals surface area contributed by atoms with Crippen LogP contribution in [0.5, 0.6) is 5.75 Å².